The lowest BCUT2D eigenvalue weighted by molar-refractivity contribution is -0.132. The van der Waals surface area contributed by atoms with E-state index in [0.717, 1.165) is 77.9 Å². The van der Waals surface area contributed by atoms with E-state index in [1.54, 1.807) is 6.92 Å². The van der Waals surface area contributed by atoms with Crippen LogP contribution in [0, 0.1) is 5.41 Å². The minimum atomic E-state index is -0.172. The number of rotatable bonds is 6. The molecule has 2 heterocycles. The van der Waals surface area contributed by atoms with Crippen molar-refractivity contribution >= 4 is 11.8 Å². The molecule has 0 spiro atoms. The zero-order valence-electron chi connectivity index (χ0n) is 17.9. The molecule has 1 N–H and O–H groups in total. The summed E-state index contributed by atoms with van der Waals surface area (Å²) in [4.78, 5) is 29.0. The molecule has 0 bridgehead atoms. The minimum absolute atomic E-state index is 0.172. The third-order valence-corrected chi connectivity index (χ3v) is 7.20. The van der Waals surface area contributed by atoms with Crippen LogP contribution >= 0.6 is 0 Å². The number of piperidine rings is 1. The van der Waals surface area contributed by atoms with E-state index in [1.165, 1.54) is 19.3 Å². The van der Waals surface area contributed by atoms with Crippen LogP contribution in [-0.2, 0) is 14.3 Å². The Kier molecular flexibility index (Phi) is 7.75. The normalized spacial score (nSPS) is 24.3. The highest BCUT2D eigenvalue weighted by Crippen LogP contribution is 2.35. The highest BCUT2D eigenvalue weighted by molar-refractivity contribution is 5.82. The molecule has 3 fully saturated rings. The lowest BCUT2D eigenvalue weighted by Gasteiger charge is -2.43. The number of hydrogen-bond donors (Lipinski definition) is 1. The molecule has 2 amide bonds. The molecule has 6 nitrogen and oxygen atoms in total. The molecule has 2 saturated heterocycles. The summed E-state index contributed by atoms with van der Waals surface area (Å²) < 4.78 is 5.57. The second-order valence-corrected chi connectivity index (χ2v) is 9.20. The molecular formula is C22H39N3O3. The maximum Gasteiger partial charge on any atom is 0.225 e. The molecule has 0 radical (unpaired) electrons. The van der Waals surface area contributed by atoms with E-state index in [0.29, 0.717) is 12.1 Å². The SMILES string of the molecule is CC(=O)N1CCC(N(CCNC(=O)C2(C)CCCCC2)C2CCOCC2)CC1. The summed E-state index contributed by atoms with van der Waals surface area (Å²) in [6.45, 7) is 8.78. The van der Waals surface area contributed by atoms with Crippen LogP contribution in [0.5, 0.6) is 0 Å². The maximum absolute atomic E-state index is 12.8. The van der Waals surface area contributed by atoms with Crippen LogP contribution in [0.25, 0.3) is 0 Å². The van der Waals surface area contributed by atoms with Crippen molar-refractivity contribution in [2.75, 3.05) is 39.4 Å². The van der Waals surface area contributed by atoms with Gasteiger partial charge in [-0.2, -0.15) is 0 Å². The molecule has 0 unspecified atom stereocenters. The Morgan fingerprint density at radius 1 is 1.04 bits per heavy atom. The third-order valence-electron chi connectivity index (χ3n) is 7.20. The van der Waals surface area contributed by atoms with Gasteiger partial charge in [-0.3, -0.25) is 14.5 Å². The second kappa shape index (κ2) is 10.1. The van der Waals surface area contributed by atoms with Crippen molar-refractivity contribution in [3.63, 3.8) is 0 Å². The molecule has 160 valence electrons. The number of hydrogen-bond acceptors (Lipinski definition) is 4. The quantitative estimate of drug-likeness (QED) is 0.753. The van der Waals surface area contributed by atoms with Crippen LogP contribution in [0.2, 0.25) is 0 Å². The number of nitrogens with one attached hydrogen (secondary N) is 1. The minimum Gasteiger partial charge on any atom is -0.381 e. The highest BCUT2D eigenvalue weighted by Gasteiger charge is 2.35. The molecule has 6 heteroatoms. The summed E-state index contributed by atoms with van der Waals surface area (Å²) in [6, 6.07) is 1.03. The first-order valence-electron chi connectivity index (χ1n) is 11.4. The van der Waals surface area contributed by atoms with Gasteiger partial charge in [0.1, 0.15) is 0 Å². The van der Waals surface area contributed by atoms with Crippen molar-refractivity contribution in [3.05, 3.63) is 0 Å². The van der Waals surface area contributed by atoms with Crippen LogP contribution in [0.4, 0.5) is 0 Å². The molecule has 3 rings (SSSR count). The first-order valence-corrected chi connectivity index (χ1v) is 11.4. The number of amides is 2. The van der Waals surface area contributed by atoms with E-state index in [4.69, 9.17) is 4.74 Å². The number of carbonyl (C=O) groups is 2. The Labute approximate surface area is 170 Å². The number of nitrogens with zero attached hydrogens (tertiary/aromatic N) is 2. The van der Waals surface area contributed by atoms with Gasteiger partial charge in [-0.05, 0) is 38.5 Å². The Balaban J connectivity index is 1.53. The second-order valence-electron chi connectivity index (χ2n) is 9.20. The van der Waals surface area contributed by atoms with E-state index >= 15 is 0 Å². The average molecular weight is 394 g/mol. The van der Waals surface area contributed by atoms with Crippen molar-refractivity contribution in [2.24, 2.45) is 5.41 Å². The molecule has 28 heavy (non-hydrogen) atoms. The largest absolute Gasteiger partial charge is 0.381 e. The summed E-state index contributed by atoms with van der Waals surface area (Å²) in [5.74, 6) is 0.426. The molecule has 1 saturated carbocycles. The van der Waals surface area contributed by atoms with Crippen molar-refractivity contribution in [1.29, 1.82) is 0 Å². The Morgan fingerprint density at radius 2 is 1.64 bits per heavy atom. The van der Waals surface area contributed by atoms with Gasteiger partial charge in [-0.15, -0.1) is 0 Å². The molecule has 3 aliphatic rings. The Hall–Kier alpha value is -1.14. The van der Waals surface area contributed by atoms with Crippen LogP contribution in [0.3, 0.4) is 0 Å². The molecule has 2 aliphatic heterocycles. The van der Waals surface area contributed by atoms with E-state index in [-0.39, 0.29) is 17.2 Å². The highest BCUT2D eigenvalue weighted by atomic mass is 16.5. The van der Waals surface area contributed by atoms with E-state index in [1.807, 2.05) is 4.90 Å². The predicted octanol–water partition coefficient (Wildman–Crippen LogP) is 2.56. The lowest BCUT2D eigenvalue weighted by Crippen LogP contribution is -2.53. The summed E-state index contributed by atoms with van der Waals surface area (Å²) in [5.41, 5.74) is -0.172. The van der Waals surface area contributed by atoms with Crippen molar-refractivity contribution in [3.8, 4) is 0 Å². The standard InChI is InChI=1S/C22H39N3O3/c1-18(26)24-13-6-19(7-14-24)25(20-8-16-28-17-9-20)15-12-23-21(27)22(2)10-4-3-5-11-22/h19-20H,3-17H2,1-2H3,(H,23,27). The van der Waals surface area contributed by atoms with Crippen LogP contribution < -0.4 is 5.32 Å². The fourth-order valence-corrected chi connectivity index (χ4v) is 5.26. The average Bonchev–Trinajstić information content (AvgIpc) is 2.72. The van der Waals surface area contributed by atoms with Gasteiger partial charge in [-0.1, -0.05) is 26.2 Å². The summed E-state index contributed by atoms with van der Waals surface area (Å²) in [7, 11) is 0. The third kappa shape index (κ3) is 5.47. The summed E-state index contributed by atoms with van der Waals surface area (Å²) in [5, 5.41) is 3.25. The lowest BCUT2D eigenvalue weighted by atomic mass is 9.75. The molecule has 0 aromatic heterocycles. The molecule has 0 atom stereocenters. The van der Waals surface area contributed by atoms with Gasteiger partial charge in [0.2, 0.25) is 11.8 Å². The van der Waals surface area contributed by atoms with Crippen molar-refractivity contribution < 1.29 is 14.3 Å². The zero-order chi connectivity index (χ0) is 20.0. The maximum atomic E-state index is 12.8. The molecule has 1 aliphatic carbocycles. The van der Waals surface area contributed by atoms with E-state index in [9.17, 15) is 9.59 Å². The zero-order valence-corrected chi connectivity index (χ0v) is 17.9. The van der Waals surface area contributed by atoms with Gasteiger partial charge >= 0.3 is 0 Å². The number of likely N-dealkylation sites (tertiary alicyclic amines) is 1. The van der Waals surface area contributed by atoms with Gasteiger partial charge < -0.3 is 15.0 Å². The fourth-order valence-electron chi connectivity index (χ4n) is 5.26. The monoisotopic (exact) mass is 393 g/mol. The summed E-state index contributed by atoms with van der Waals surface area (Å²) >= 11 is 0. The smallest absolute Gasteiger partial charge is 0.225 e. The Bertz CT molecular complexity index is 519. The molecule has 0 aromatic carbocycles. The van der Waals surface area contributed by atoms with Crippen molar-refractivity contribution in [1.82, 2.24) is 15.1 Å². The van der Waals surface area contributed by atoms with Crippen LogP contribution in [0.1, 0.15) is 71.6 Å². The van der Waals surface area contributed by atoms with Crippen molar-refractivity contribution in [2.45, 2.75) is 83.7 Å². The van der Waals surface area contributed by atoms with Gasteiger partial charge in [0.05, 0.1) is 0 Å². The molecular weight excluding hydrogens is 354 g/mol. The van der Waals surface area contributed by atoms with E-state index in [2.05, 4.69) is 17.1 Å². The topological polar surface area (TPSA) is 61.9 Å². The van der Waals surface area contributed by atoms with Gasteiger partial charge in [0.25, 0.3) is 0 Å². The molecule has 0 aromatic rings. The number of ether oxygens (including phenoxy) is 1. The van der Waals surface area contributed by atoms with Gasteiger partial charge in [-0.25, -0.2) is 0 Å². The first kappa shape index (κ1) is 21.6. The van der Waals surface area contributed by atoms with Crippen LogP contribution in [-0.4, -0.2) is 73.1 Å². The summed E-state index contributed by atoms with van der Waals surface area (Å²) in [6.07, 6.45) is 9.85. The predicted molar refractivity (Wildman–Crippen MR) is 110 cm³/mol. The Morgan fingerprint density at radius 3 is 2.25 bits per heavy atom. The van der Waals surface area contributed by atoms with Crippen LogP contribution in [0.15, 0.2) is 0 Å². The first-order chi connectivity index (χ1) is 13.5. The van der Waals surface area contributed by atoms with E-state index < -0.39 is 0 Å². The fraction of sp³-hybridized carbons (Fsp3) is 0.909. The number of carbonyl (C=O) groups excluding carboxylic acids is 2. The van der Waals surface area contributed by atoms with Gasteiger partial charge in [0, 0.05) is 63.8 Å². The van der Waals surface area contributed by atoms with Gasteiger partial charge in [0.15, 0.2) is 0 Å².